The summed E-state index contributed by atoms with van der Waals surface area (Å²) in [4.78, 5) is 0. The molecule has 1 aliphatic heterocycles. The van der Waals surface area contributed by atoms with Gasteiger partial charge in [0.05, 0.1) is 11.6 Å². The van der Waals surface area contributed by atoms with Gasteiger partial charge in [-0.25, -0.2) is 0 Å². The van der Waals surface area contributed by atoms with Crippen LogP contribution in [-0.2, 0) is 4.74 Å². The molecule has 0 spiro atoms. The Labute approximate surface area is 102 Å². The zero-order valence-corrected chi connectivity index (χ0v) is 10.6. The third kappa shape index (κ3) is 2.24. The molecule has 2 atom stereocenters. The van der Waals surface area contributed by atoms with Gasteiger partial charge in [-0.05, 0) is 44.5 Å². The summed E-state index contributed by atoms with van der Waals surface area (Å²) in [7, 11) is 1.98. The molecule has 1 fully saturated rings. The largest absolute Gasteiger partial charge is 0.373 e. The van der Waals surface area contributed by atoms with Crippen LogP contribution in [0.15, 0.2) is 24.3 Å². The van der Waals surface area contributed by atoms with Gasteiger partial charge in [0.1, 0.15) is 0 Å². The van der Waals surface area contributed by atoms with E-state index in [0.717, 1.165) is 24.5 Å². The van der Waals surface area contributed by atoms with E-state index in [1.165, 1.54) is 5.56 Å². The van der Waals surface area contributed by atoms with E-state index in [1.54, 1.807) is 0 Å². The fourth-order valence-corrected chi connectivity index (χ4v) is 2.63. The summed E-state index contributed by atoms with van der Waals surface area (Å²) in [6.45, 7) is 3.04. The zero-order valence-electron chi connectivity index (χ0n) is 9.79. The topological polar surface area (TPSA) is 21.3 Å². The second kappa shape index (κ2) is 4.74. The number of hydrogen-bond acceptors (Lipinski definition) is 2. The molecule has 0 bridgehead atoms. The predicted molar refractivity (Wildman–Crippen MR) is 66.8 cm³/mol. The molecular weight excluding hydrogens is 222 g/mol. The Balaban J connectivity index is 2.25. The van der Waals surface area contributed by atoms with Gasteiger partial charge >= 0.3 is 0 Å². The lowest BCUT2D eigenvalue weighted by Gasteiger charge is -2.33. The lowest BCUT2D eigenvalue weighted by molar-refractivity contribution is -0.0104. The van der Waals surface area contributed by atoms with Crippen LogP contribution in [0.1, 0.15) is 31.4 Å². The fraction of sp³-hybridized carbons (Fsp3) is 0.538. The van der Waals surface area contributed by atoms with Crippen LogP contribution in [0.5, 0.6) is 0 Å². The molecule has 1 aliphatic rings. The molecule has 1 heterocycles. The second-order valence-corrected chi connectivity index (χ2v) is 4.97. The van der Waals surface area contributed by atoms with Crippen molar-refractivity contribution in [2.24, 2.45) is 0 Å². The van der Waals surface area contributed by atoms with Gasteiger partial charge in [0.2, 0.25) is 0 Å². The van der Waals surface area contributed by atoms with Gasteiger partial charge in [0.15, 0.2) is 0 Å². The first kappa shape index (κ1) is 11.9. The fourth-order valence-electron chi connectivity index (χ4n) is 2.51. The standard InChI is InChI=1S/C13H18ClNO/c1-13(8-3-9-16-13)12(15-2)10-4-6-11(14)7-5-10/h4-7,12,15H,3,8-9H2,1-2H3. The minimum Gasteiger partial charge on any atom is -0.373 e. The van der Waals surface area contributed by atoms with E-state index in [9.17, 15) is 0 Å². The highest BCUT2D eigenvalue weighted by atomic mass is 35.5. The average molecular weight is 240 g/mol. The summed E-state index contributed by atoms with van der Waals surface area (Å²) in [5.41, 5.74) is 1.14. The first-order valence-corrected chi connectivity index (χ1v) is 6.10. The number of benzene rings is 1. The van der Waals surface area contributed by atoms with E-state index in [0.29, 0.717) is 0 Å². The molecule has 0 aliphatic carbocycles. The van der Waals surface area contributed by atoms with Gasteiger partial charge in [-0.3, -0.25) is 0 Å². The monoisotopic (exact) mass is 239 g/mol. The van der Waals surface area contributed by atoms with Gasteiger partial charge in [-0.2, -0.15) is 0 Å². The van der Waals surface area contributed by atoms with Crippen LogP contribution in [0, 0.1) is 0 Å². The van der Waals surface area contributed by atoms with Crippen LogP contribution >= 0.6 is 11.6 Å². The van der Waals surface area contributed by atoms with E-state index >= 15 is 0 Å². The second-order valence-electron chi connectivity index (χ2n) is 4.54. The Morgan fingerprint density at radius 2 is 2.06 bits per heavy atom. The number of halogens is 1. The molecule has 1 aromatic carbocycles. The minimum atomic E-state index is -0.0947. The number of likely N-dealkylation sites (N-methyl/N-ethyl adjacent to an activating group) is 1. The molecule has 2 rings (SSSR count). The maximum absolute atomic E-state index is 5.90. The Morgan fingerprint density at radius 3 is 2.56 bits per heavy atom. The molecule has 88 valence electrons. The van der Waals surface area contributed by atoms with Crippen molar-refractivity contribution in [1.29, 1.82) is 0 Å². The third-order valence-corrected chi connectivity index (χ3v) is 3.60. The lowest BCUT2D eigenvalue weighted by atomic mass is 9.88. The summed E-state index contributed by atoms with van der Waals surface area (Å²) in [5.74, 6) is 0. The van der Waals surface area contributed by atoms with Gasteiger partial charge < -0.3 is 10.1 Å². The van der Waals surface area contributed by atoms with Crippen LogP contribution < -0.4 is 5.32 Å². The van der Waals surface area contributed by atoms with Crippen LogP contribution in [0.4, 0.5) is 0 Å². The van der Waals surface area contributed by atoms with Crippen LogP contribution in [0.25, 0.3) is 0 Å². The molecule has 0 amide bonds. The summed E-state index contributed by atoms with van der Waals surface area (Å²) in [6, 6.07) is 8.22. The molecule has 1 N–H and O–H groups in total. The molecule has 0 saturated carbocycles. The van der Waals surface area contributed by atoms with Crippen molar-refractivity contribution in [2.75, 3.05) is 13.7 Å². The van der Waals surface area contributed by atoms with Gasteiger partial charge in [-0.1, -0.05) is 23.7 Å². The maximum atomic E-state index is 5.90. The highest BCUT2D eigenvalue weighted by Gasteiger charge is 2.38. The van der Waals surface area contributed by atoms with Crippen molar-refractivity contribution in [3.63, 3.8) is 0 Å². The Bertz CT molecular complexity index is 343. The normalized spacial score (nSPS) is 26.9. The van der Waals surface area contributed by atoms with E-state index in [2.05, 4.69) is 24.4 Å². The number of rotatable bonds is 3. The molecule has 0 aromatic heterocycles. The van der Waals surface area contributed by atoms with Crippen molar-refractivity contribution in [3.05, 3.63) is 34.9 Å². The molecule has 1 saturated heterocycles. The van der Waals surface area contributed by atoms with E-state index in [1.807, 2.05) is 19.2 Å². The molecule has 2 nitrogen and oxygen atoms in total. The smallest absolute Gasteiger partial charge is 0.0849 e. The molecule has 0 radical (unpaired) electrons. The first-order chi connectivity index (χ1) is 7.65. The van der Waals surface area contributed by atoms with Crippen molar-refractivity contribution in [3.8, 4) is 0 Å². The van der Waals surface area contributed by atoms with Gasteiger partial charge in [0.25, 0.3) is 0 Å². The van der Waals surface area contributed by atoms with Crippen molar-refractivity contribution >= 4 is 11.6 Å². The number of hydrogen-bond donors (Lipinski definition) is 1. The lowest BCUT2D eigenvalue weighted by Crippen LogP contribution is -2.39. The van der Waals surface area contributed by atoms with Crippen LogP contribution in [-0.4, -0.2) is 19.3 Å². The molecule has 16 heavy (non-hydrogen) atoms. The van der Waals surface area contributed by atoms with E-state index in [-0.39, 0.29) is 11.6 Å². The van der Waals surface area contributed by atoms with Crippen molar-refractivity contribution in [2.45, 2.75) is 31.4 Å². The van der Waals surface area contributed by atoms with Crippen molar-refractivity contribution in [1.82, 2.24) is 5.32 Å². The summed E-state index contributed by atoms with van der Waals surface area (Å²) >= 11 is 5.90. The Morgan fingerprint density at radius 1 is 1.38 bits per heavy atom. The summed E-state index contributed by atoms with van der Waals surface area (Å²) in [5, 5.41) is 4.13. The Hall–Kier alpha value is -0.570. The van der Waals surface area contributed by atoms with E-state index in [4.69, 9.17) is 16.3 Å². The Kier molecular flexibility index (Phi) is 3.53. The van der Waals surface area contributed by atoms with Crippen LogP contribution in [0.2, 0.25) is 5.02 Å². The van der Waals surface area contributed by atoms with Gasteiger partial charge in [0, 0.05) is 11.6 Å². The molecular formula is C13H18ClNO. The minimum absolute atomic E-state index is 0.0947. The van der Waals surface area contributed by atoms with Crippen molar-refractivity contribution < 1.29 is 4.74 Å². The SMILES string of the molecule is CNC(c1ccc(Cl)cc1)C1(C)CCCO1. The summed E-state index contributed by atoms with van der Waals surface area (Å²) < 4.78 is 5.88. The highest BCUT2D eigenvalue weighted by Crippen LogP contribution is 2.37. The van der Waals surface area contributed by atoms with E-state index < -0.39 is 0 Å². The zero-order chi connectivity index (χ0) is 11.6. The third-order valence-electron chi connectivity index (χ3n) is 3.35. The average Bonchev–Trinajstić information content (AvgIpc) is 2.70. The number of nitrogens with one attached hydrogen (secondary N) is 1. The van der Waals surface area contributed by atoms with Gasteiger partial charge in [-0.15, -0.1) is 0 Å². The first-order valence-electron chi connectivity index (χ1n) is 5.72. The molecule has 2 unspecified atom stereocenters. The number of ether oxygens (including phenoxy) is 1. The quantitative estimate of drug-likeness (QED) is 0.875. The molecule has 3 heteroatoms. The summed E-state index contributed by atoms with van der Waals surface area (Å²) in [6.07, 6.45) is 2.24. The maximum Gasteiger partial charge on any atom is 0.0849 e. The molecule has 1 aromatic rings. The predicted octanol–water partition coefficient (Wildman–Crippen LogP) is 3.17. The van der Waals surface area contributed by atoms with Crippen LogP contribution in [0.3, 0.4) is 0 Å². The highest BCUT2D eigenvalue weighted by molar-refractivity contribution is 6.30.